The number of aliphatic hydroxyl groups is 1. The molecule has 4 aromatic carbocycles. The van der Waals surface area contributed by atoms with Crippen LogP contribution in [0, 0.1) is 17.8 Å². The van der Waals surface area contributed by atoms with Gasteiger partial charge in [0.2, 0.25) is 0 Å². The zero-order chi connectivity index (χ0) is 41.1. The molecule has 1 heterocycles. The highest BCUT2D eigenvalue weighted by Gasteiger charge is 2.54. The van der Waals surface area contributed by atoms with Gasteiger partial charge in [0.1, 0.15) is 0 Å². The lowest BCUT2D eigenvalue weighted by atomic mass is 9.64. The van der Waals surface area contributed by atoms with Crippen molar-refractivity contribution in [2.24, 2.45) is 17.8 Å². The molecule has 0 amide bonds. The number of benzene rings is 4. The summed E-state index contributed by atoms with van der Waals surface area (Å²) >= 11 is 0. The van der Waals surface area contributed by atoms with E-state index in [9.17, 15) is 5.11 Å². The van der Waals surface area contributed by atoms with Gasteiger partial charge in [-0.2, -0.15) is 0 Å². The average molecular weight is 817 g/mol. The lowest BCUT2D eigenvalue weighted by Gasteiger charge is -2.50. The van der Waals surface area contributed by atoms with Crippen LogP contribution < -0.4 is 20.7 Å². The lowest BCUT2D eigenvalue weighted by molar-refractivity contribution is -0.203. The minimum Gasteiger partial charge on any atom is -0.404 e. The van der Waals surface area contributed by atoms with Crippen LogP contribution in [-0.4, -0.2) is 59.6 Å². The normalized spacial score (nSPS) is 27.1. The zero-order valence-electron chi connectivity index (χ0n) is 36.3. The first-order valence-electron chi connectivity index (χ1n) is 21.9. The second-order valence-electron chi connectivity index (χ2n) is 19.5. The molecule has 0 bridgehead atoms. The SMILES string of the molecule is CO[C@@H]1C[C@H](O[Si](c2ccccc2)(c2ccccc2)C(C)(C)C)C[C@@H](CC[C@@H]2[C@@H]3C(=CC[C@@H]2C)C[C@@H](O[Si](c2ccccc2)(c2ccccc2)C(C)(C)C)C[C@@H]3O)O1. The molecule has 0 spiro atoms. The van der Waals surface area contributed by atoms with Crippen molar-refractivity contribution in [3.05, 3.63) is 133 Å². The smallest absolute Gasteiger partial charge is 0.261 e. The molecule has 58 heavy (non-hydrogen) atoms. The van der Waals surface area contributed by atoms with Crippen LogP contribution in [0.2, 0.25) is 10.1 Å². The van der Waals surface area contributed by atoms with E-state index in [0.717, 1.165) is 32.1 Å². The quantitative estimate of drug-likeness (QED) is 0.114. The highest BCUT2D eigenvalue weighted by molar-refractivity contribution is 7.00. The van der Waals surface area contributed by atoms with Crippen LogP contribution in [0.3, 0.4) is 0 Å². The molecule has 1 N–H and O–H groups in total. The van der Waals surface area contributed by atoms with Crippen molar-refractivity contribution in [2.75, 3.05) is 7.11 Å². The van der Waals surface area contributed by atoms with Crippen molar-refractivity contribution < 1.29 is 23.4 Å². The summed E-state index contributed by atoms with van der Waals surface area (Å²) < 4.78 is 27.9. The molecule has 2 aliphatic carbocycles. The third kappa shape index (κ3) is 8.56. The van der Waals surface area contributed by atoms with E-state index in [0.29, 0.717) is 24.7 Å². The van der Waals surface area contributed by atoms with Gasteiger partial charge in [-0.15, -0.1) is 0 Å². The average Bonchev–Trinajstić information content (AvgIpc) is 3.22. The Hall–Kier alpha value is -3.15. The van der Waals surface area contributed by atoms with Crippen LogP contribution in [0.4, 0.5) is 0 Å². The second-order valence-corrected chi connectivity index (χ2v) is 28.0. The van der Waals surface area contributed by atoms with Gasteiger partial charge in [-0.1, -0.05) is 181 Å². The largest absolute Gasteiger partial charge is 0.404 e. The Labute approximate surface area is 351 Å². The Morgan fingerprint density at radius 1 is 0.621 bits per heavy atom. The fourth-order valence-corrected chi connectivity index (χ4v) is 20.4. The first kappa shape index (κ1) is 43.0. The van der Waals surface area contributed by atoms with E-state index in [-0.39, 0.29) is 40.6 Å². The first-order chi connectivity index (χ1) is 27.8. The van der Waals surface area contributed by atoms with Gasteiger partial charge in [-0.05, 0) is 81.2 Å². The van der Waals surface area contributed by atoms with Crippen molar-refractivity contribution >= 4 is 37.4 Å². The van der Waals surface area contributed by atoms with Gasteiger partial charge in [-0.25, -0.2) is 0 Å². The van der Waals surface area contributed by atoms with Crippen LogP contribution in [0.15, 0.2) is 133 Å². The van der Waals surface area contributed by atoms with Gasteiger partial charge in [0.15, 0.2) is 6.29 Å². The van der Waals surface area contributed by atoms with Crippen LogP contribution in [-0.2, 0) is 18.3 Å². The molecule has 5 nitrogen and oxygen atoms in total. The third-order valence-corrected chi connectivity index (χ3v) is 23.9. The summed E-state index contributed by atoms with van der Waals surface area (Å²) in [5.41, 5.74) is 1.39. The molecule has 310 valence electrons. The Bertz CT molecular complexity index is 1840. The summed E-state index contributed by atoms with van der Waals surface area (Å²) in [7, 11) is -3.74. The molecule has 7 heteroatoms. The summed E-state index contributed by atoms with van der Waals surface area (Å²) in [6.07, 6.45) is 7.61. The molecular weight excluding hydrogens is 749 g/mol. The highest BCUT2D eigenvalue weighted by Crippen LogP contribution is 2.48. The highest BCUT2D eigenvalue weighted by atomic mass is 28.4. The molecule has 7 rings (SSSR count). The summed E-state index contributed by atoms with van der Waals surface area (Å²) in [4.78, 5) is 0. The van der Waals surface area contributed by atoms with Crippen molar-refractivity contribution in [3.8, 4) is 0 Å². The van der Waals surface area contributed by atoms with E-state index >= 15 is 0 Å². The minimum atomic E-state index is -2.76. The number of hydrogen-bond acceptors (Lipinski definition) is 5. The van der Waals surface area contributed by atoms with Crippen molar-refractivity contribution in [1.29, 1.82) is 0 Å². The fraction of sp³-hybridized carbons (Fsp3) is 0.490. The van der Waals surface area contributed by atoms with Gasteiger partial charge < -0.3 is 23.4 Å². The second kappa shape index (κ2) is 17.8. The van der Waals surface area contributed by atoms with Crippen LogP contribution in [0.25, 0.3) is 0 Å². The Morgan fingerprint density at radius 2 is 1.07 bits per heavy atom. The molecule has 2 fully saturated rings. The van der Waals surface area contributed by atoms with Gasteiger partial charge in [0.05, 0.1) is 24.4 Å². The van der Waals surface area contributed by atoms with Gasteiger partial charge >= 0.3 is 0 Å². The van der Waals surface area contributed by atoms with E-state index in [1.54, 1.807) is 7.11 Å². The van der Waals surface area contributed by atoms with E-state index < -0.39 is 22.7 Å². The van der Waals surface area contributed by atoms with Gasteiger partial charge in [-0.3, -0.25) is 0 Å². The standard InChI is InChI=1S/C51H68O5Si2/c1-37-29-30-38-33-40(55-57(50(2,3)4,42-21-13-9-14-22-42)43-23-15-10-16-24-43)35-47(52)49(38)46(37)32-31-39-34-41(36-48(53-8)54-39)56-58(51(5,6)7,44-25-17-11-18-26-44)45-27-19-12-20-28-45/h9-28,30,37,39-41,46-49,52H,29,31-36H2,1-8H3/t37-,39+,40+,41+,46-,47-,48-,49-/m0/s1. The Kier molecular flexibility index (Phi) is 13.2. The topological polar surface area (TPSA) is 57.2 Å². The monoisotopic (exact) mass is 816 g/mol. The molecule has 0 aromatic heterocycles. The molecule has 8 atom stereocenters. The Morgan fingerprint density at radius 3 is 1.50 bits per heavy atom. The maximum Gasteiger partial charge on any atom is 0.261 e. The van der Waals surface area contributed by atoms with Crippen LogP contribution in [0.5, 0.6) is 0 Å². The molecule has 0 radical (unpaired) electrons. The van der Waals surface area contributed by atoms with Crippen LogP contribution >= 0.6 is 0 Å². The summed E-state index contributed by atoms with van der Waals surface area (Å²) in [6.45, 7) is 16.4. The third-order valence-electron chi connectivity index (χ3n) is 13.7. The number of fused-ring (bicyclic) bond motifs is 1. The maximum atomic E-state index is 12.2. The Balaban J connectivity index is 1.10. The summed E-state index contributed by atoms with van der Waals surface area (Å²) in [5.74, 6) is 0.976. The predicted molar refractivity (Wildman–Crippen MR) is 243 cm³/mol. The van der Waals surface area contributed by atoms with E-state index in [4.69, 9.17) is 18.3 Å². The number of methoxy groups -OCH3 is 1. The number of ether oxygens (including phenoxy) is 2. The fourth-order valence-electron chi connectivity index (χ4n) is 11.0. The lowest BCUT2D eigenvalue weighted by Crippen LogP contribution is -2.68. The molecule has 3 aliphatic rings. The van der Waals surface area contributed by atoms with E-state index in [1.165, 1.54) is 26.3 Å². The van der Waals surface area contributed by atoms with Gasteiger partial charge in [0, 0.05) is 19.4 Å². The molecule has 1 saturated carbocycles. The van der Waals surface area contributed by atoms with Crippen molar-refractivity contribution in [3.63, 3.8) is 0 Å². The summed E-state index contributed by atoms with van der Waals surface area (Å²) in [6, 6.07) is 43.7. The predicted octanol–water partition coefficient (Wildman–Crippen LogP) is 9.16. The minimum absolute atomic E-state index is 0.00565. The summed E-state index contributed by atoms with van der Waals surface area (Å²) in [5, 5.41) is 17.1. The van der Waals surface area contributed by atoms with Crippen molar-refractivity contribution in [2.45, 2.75) is 134 Å². The number of aliphatic hydroxyl groups excluding tert-OH is 1. The molecule has 0 unspecified atom stereocenters. The maximum absolute atomic E-state index is 12.2. The first-order valence-corrected chi connectivity index (χ1v) is 25.7. The van der Waals surface area contributed by atoms with Gasteiger partial charge in [0.25, 0.3) is 16.6 Å². The van der Waals surface area contributed by atoms with Crippen LogP contribution in [0.1, 0.15) is 93.4 Å². The zero-order valence-corrected chi connectivity index (χ0v) is 38.3. The van der Waals surface area contributed by atoms with E-state index in [1.807, 2.05) is 0 Å². The van der Waals surface area contributed by atoms with Crippen molar-refractivity contribution in [1.82, 2.24) is 0 Å². The number of hydrogen-bond donors (Lipinski definition) is 1. The number of rotatable bonds is 12. The number of allylic oxidation sites excluding steroid dienone is 1. The molecule has 1 saturated heterocycles. The molecular formula is C51H68O5Si2. The molecule has 4 aromatic rings. The van der Waals surface area contributed by atoms with E-state index in [2.05, 4.69) is 176 Å². The molecule has 1 aliphatic heterocycles.